The number of hydrogen-bond donors (Lipinski definition) is 0. The Hall–Kier alpha value is -2.07. The summed E-state index contributed by atoms with van der Waals surface area (Å²) in [6.07, 6.45) is 5.21. The third kappa shape index (κ3) is 4.76. The van der Waals surface area contributed by atoms with Gasteiger partial charge in [-0.25, -0.2) is 8.78 Å². The smallest absolute Gasteiger partial charge is 0.123 e. The summed E-state index contributed by atoms with van der Waals surface area (Å²) in [4.78, 5) is 6.08. The van der Waals surface area contributed by atoms with Gasteiger partial charge in [0.05, 0.1) is 5.70 Å². The van der Waals surface area contributed by atoms with Crippen molar-refractivity contribution in [2.75, 3.05) is 0 Å². The van der Waals surface area contributed by atoms with Crippen LogP contribution >= 0.6 is 15.9 Å². The van der Waals surface area contributed by atoms with Gasteiger partial charge in [0.15, 0.2) is 0 Å². The summed E-state index contributed by atoms with van der Waals surface area (Å²) >= 11 is 3.19. The fraction of sp³-hybridized carbons (Fsp3) is 0. The molecule has 0 N–H and O–H groups in total. The van der Waals surface area contributed by atoms with E-state index in [9.17, 15) is 8.78 Å². The van der Waals surface area contributed by atoms with Crippen molar-refractivity contribution in [1.29, 1.82) is 0 Å². The summed E-state index contributed by atoms with van der Waals surface area (Å²) < 4.78 is 25.8. The van der Waals surface area contributed by atoms with E-state index in [1.165, 1.54) is 24.3 Å². The zero-order valence-corrected chi connectivity index (χ0v) is 12.6. The van der Waals surface area contributed by atoms with Crippen LogP contribution in [-0.4, -0.2) is 6.21 Å². The Kier molecular flexibility index (Phi) is 5.58. The summed E-state index contributed by atoms with van der Waals surface area (Å²) in [5.41, 5.74) is 2.25. The first kappa shape index (κ1) is 15.3. The standard InChI is InChI=1S/C17H12BrF2N/c18-11-1-2-17(14-5-9-16(20)10-6-14)21-12-13-3-7-15(19)8-4-13/h1-12H/b11-1+,17-2+,21-12?. The van der Waals surface area contributed by atoms with Gasteiger partial charge in [-0.1, -0.05) is 34.1 Å². The first-order chi connectivity index (χ1) is 10.2. The van der Waals surface area contributed by atoms with Gasteiger partial charge in [-0.2, -0.15) is 0 Å². The Morgan fingerprint density at radius 3 is 2.05 bits per heavy atom. The molecule has 0 unspecified atom stereocenters. The lowest BCUT2D eigenvalue weighted by molar-refractivity contribution is 0.627. The first-order valence-electron chi connectivity index (χ1n) is 6.21. The lowest BCUT2D eigenvalue weighted by Gasteiger charge is -2.01. The minimum absolute atomic E-state index is 0.288. The highest BCUT2D eigenvalue weighted by atomic mass is 79.9. The van der Waals surface area contributed by atoms with Gasteiger partial charge in [0, 0.05) is 11.8 Å². The molecule has 0 aromatic heterocycles. The van der Waals surface area contributed by atoms with Crippen molar-refractivity contribution in [2.24, 2.45) is 4.99 Å². The monoisotopic (exact) mass is 347 g/mol. The average Bonchev–Trinajstić information content (AvgIpc) is 2.50. The second-order valence-electron chi connectivity index (χ2n) is 4.19. The molecule has 0 fully saturated rings. The summed E-state index contributed by atoms with van der Waals surface area (Å²) in [5, 5.41) is 0. The van der Waals surface area contributed by atoms with Gasteiger partial charge in [0.1, 0.15) is 11.6 Å². The Bertz CT molecular complexity index is 671. The quantitative estimate of drug-likeness (QED) is 0.523. The summed E-state index contributed by atoms with van der Waals surface area (Å²) in [5.74, 6) is -0.583. The van der Waals surface area contributed by atoms with Crippen molar-refractivity contribution in [2.45, 2.75) is 0 Å². The van der Waals surface area contributed by atoms with Gasteiger partial charge < -0.3 is 0 Å². The number of allylic oxidation sites excluding steroid dienone is 2. The predicted octanol–water partition coefficient (Wildman–Crippen LogP) is 5.33. The highest BCUT2D eigenvalue weighted by Crippen LogP contribution is 2.17. The zero-order valence-electron chi connectivity index (χ0n) is 11.0. The number of hydrogen-bond acceptors (Lipinski definition) is 1. The Balaban J connectivity index is 2.28. The van der Waals surface area contributed by atoms with Crippen LogP contribution in [-0.2, 0) is 0 Å². The van der Waals surface area contributed by atoms with E-state index in [-0.39, 0.29) is 11.6 Å². The minimum Gasteiger partial charge on any atom is -0.256 e. The first-order valence-corrected chi connectivity index (χ1v) is 7.13. The molecule has 0 amide bonds. The van der Waals surface area contributed by atoms with Gasteiger partial charge in [-0.05, 0) is 53.0 Å². The maximum Gasteiger partial charge on any atom is 0.123 e. The summed E-state index contributed by atoms with van der Waals surface area (Å²) in [6.45, 7) is 0. The van der Waals surface area contributed by atoms with Crippen LogP contribution in [0.4, 0.5) is 8.78 Å². The molecule has 1 nitrogen and oxygen atoms in total. The van der Waals surface area contributed by atoms with Crippen molar-refractivity contribution in [3.8, 4) is 0 Å². The molecule has 0 heterocycles. The van der Waals surface area contributed by atoms with Crippen LogP contribution in [0.3, 0.4) is 0 Å². The fourth-order valence-electron chi connectivity index (χ4n) is 1.65. The molecule has 21 heavy (non-hydrogen) atoms. The van der Waals surface area contributed by atoms with Crippen LogP contribution < -0.4 is 0 Å². The molecular weight excluding hydrogens is 336 g/mol. The molecule has 0 aliphatic carbocycles. The molecule has 0 radical (unpaired) electrons. The van der Waals surface area contributed by atoms with E-state index in [4.69, 9.17) is 0 Å². The molecule has 2 aromatic carbocycles. The fourth-order valence-corrected chi connectivity index (χ4v) is 1.81. The van der Waals surface area contributed by atoms with E-state index in [1.807, 2.05) is 0 Å². The van der Waals surface area contributed by atoms with Gasteiger partial charge in [-0.15, -0.1) is 0 Å². The largest absolute Gasteiger partial charge is 0.256 e. The van der Waals surface area contributed by atoms with Crippen LogP contribution in [0.15, 0.2) is 70.7 Å². The molecule has 0 saturated carbocycles. The lowest BCUT2D eigenvalue weighted by atomic mass is 10.1. The molecule has 0 aliphatic heterocycles. The SMILES string of the molecule is Fc1ccc(C=N/C(=C/C=C/Br)c2ccc(F)cc2)cc1. The van der Waals surface area contributed by atoms with Crippen molar-refractivity contribution in [3.63, 3.8) is 0 Å². The molecular formula is C17H12BrF2N. The van der Waals surface area contributed by atoms with Crippen LogP contribution in [0.1, 0.15) is 11.1 Å². The van der Waals surface area contributed by atoms with E-state index in [1.54, 1.807) is 47.6 Å². The van der Waals surface area contributed by atoms with E-state index in [0.29, 0.717) is 5.70 Å². The Morgan fingerprint density at radius 2 is 1.48 bits per heavy atom. The van der Waals surface area contributed by atoms with E-state index < -0.39 is 0 Å². The van der Waals surface area contributed by atoms with Crippen LogP contribution in [0, 0.1) is 11.6 Å². The van der Waals surface area contributed by atoms with Gasteiger partial charge in [0.2, 0.25) is 0 Å². The zero-order chi connectivity index (χ0) is 15.1. The van der Waals surface area contributed by atoms with Crippen molar-refractivity contribution < 1.29 is 8.78 Å². The molecule has 0 bridgehead atoms. The molecule has 4 heteroatoms. The molecule has 0 saturated heterocycles. The van der Waals surface area contributed by atoms with Gasteiger partial charge in [0.25, 0.3) is 0 Å². The average molecular weight is 348 g/mol. The third-order valence-corrected chi connectivity index (χ3v) is 2.99. The van der Waals surface area contributed by atoms with Crippen LogP contribution in [0.5, 0.6) is 0 Å². The van der Waals surface area contributed by atoms with Crippen LogP contribution in [0.2, 0.25) is 0 Å². The molecule has 0 atom stereocenters. The molecule has 106 valence electrons. The number of halogens is 3. The number of aliphatic imine (C=N–C) groups is 1. The maximum absolute atomic E-state index is 13.0. The number of nitrogens with zero attached hydrogens (tertiary/aromatic N) is 1. The normalized spacial score (nSPS) is 12.4. The Labute approximate surface area is 130 Å². The van der Waals surface area contributed by atoms with Crippen LogP contribution in [0.25, 0.3) is 5.70 Å². The van der Waals surface area contributed by atoms with Crippen molar-refractivity contribution >= 4 is 27.8 Å². The number of rotatable bonds is 4. The van der Waals surface area contributed by atoms with E-state index in [0.717, 1.165) is 11.1 Å². The van der Waals surface area contributed by atoms with Crippen molar-refractivity contribution in [3.05, 3.63) is 88.4 Å². The highest BCUT2D eigenvalue weighted by Gasteiger charge is 1.99. The summed E-state index contributed by atoms with van der Waals surface area (Å²) in [7, 11) is 0. The van der Waals surface area contributed by atoms with Crippen molar-refractivity contribution in [1.82, 2.24) is 0 Å². The highest BCUT2D eigenvalue weighted by molar-refractivity contribution is 9.11. The minimum atomic E-state index is -0.295. The number of benzene rings is 2. The second-order valence-corrected chi connectivity index (χ2v) is 4.72. The van der Waals surface area contributed by atoms with E-state index in [2.05, 4.69) is 20.9 Å². The second kappa shape index (κ2) is 7.64. The van der Waals surface area contributed by atoms with Gasteiger partial charge >= 0.3 is 0 Å². The van der Waals surface area contributed by atoms with Gasteiger partial charge in [-0.3, -0.25) is 4.99 Å². The lowest BCUT2D eigenvalue weighted by Crippen LogP contribution is -1.86. The molecule has 0 aliphatic rings. The predicted molar refractivity (Wildman–Crippen MR) is 86.4 cm³/mol. The Morgan fingerprint density at radius 1 is 0.905 bits per heavy atom. The molecule has 2 rings (SSSR count). The van der Waals surface area contributed by atoms with E-state index >= 15 is 0 Å². The topological polar surface area (TPSA) is 12.4 Å². The summed E-state index contributed by atoms with van der Waals surface area (Å²) in [6, 6.07) is 12.1. The maximum atomic E-state index is 13.0. The third-order valence-electron chi connectivity index (χ3n) is 2.69. The molecule has 0 spiro atoms. The molecule has 2 aromatic rings.